The van der Waals surface area contributed by atoms with Crippen LogP contribution >= 0.6 is 0 Å². The number of aromatic nitrogens is 4. The lowest BCUT2D eigenvalue weighted by atomic mass is 10.00. The second-order valence-electron chi connectivity index (χ2n) is 11.5. The maximum atomic E-state index is 5.35. The summed E-state index contributed by atoms with van der Waals surface area (Å²) in [4.78, 5) is 17.7. The predicted octanol–water partition coefficient (Wildman–Crippen LogP) is 9.78. The normalized spacial score (nSPS) is 10.8. The zero-order valence-electron chi connectivity index (χ0n) is 26.7. The summed E-state index contributed by atoms with van der Waals surface area (Å²) >= 11 is 0. The van der Waals surface area contributed by atoms with Crippen molar-refractivity contribution in [3.8, 4) is 28.0 Å². The van der Waals surface area contributed by atoms with Crippen LogP contribution in [0.1, 0.15) is 22.5 Å². The lowest BCUT2D eigenvalue weighted by molar-refractivity contribution is 0.415. The van der Waals surface area contributed by atoms with Gasteiger partial charge in [0.05, 0.1) is 29.5 Å². The molecular formula is C43H34N4O. The van der Waals surface area contributed by atoms with Gasteiger partial charge in [-0.1, -0.05) is 127 Å². The molecule has 2 aromatic heterocycles. The average molecular weight is 623 g/mol. The molecule has 0 fully saturated rings. The van der Waals surface area contributed by atoms with Gasteiger partial charge in [0, 0.05) is 23.6 Å². The largest absolute Gasteiger partial charge is 0.497 e. The average Bonchev–Trinajstić information content (AvgIpc) is 3.16. The SMILES string of the molecule is COc1ccc2ncnc(Cc3cccc(-c4ccccc4)c3)c2c1.c1ccc(-c2cccc(Cc3ncnc4ccccc34)c2)cc1. The molecule has 0 spiro atoms. The van der Waals surface area contributed by atoms with E-state index in [9.17, 15) is 0 Å². The molecule has 0 aliphatic rings. The fourth-order valence-corrected chi connectivity index (χ4v) is 5.93. The highest BCUT2D eigenvalue weighted by atomic mass is 16.5. The van der Waals surface area contributed by atoms with Crippen molar-refractivity contribution in [1.82, 2.24) is 19.9 Å². The zero-order chi connectivity index (χ0) is 32.5. The molecule has 0 amide bonds. The highest BCUT2D eigenvalue weighted by Crippen LogP contribution is 2.26. The van der Waals surface area contributed by atoms with E-state index < -0.39 is 0 Å². The van der Waals surface area contributed by atoms with Gasteiger partial charge in [0.25, 0.3) is 0 Å². The van der Waals surface area contributed by atoms with E-state index >= 15 is 0 Å². The molecule has 0 atom stereocenters. The zero-order valence-corrected chi connectivity index (χ0v) is 26.7. The van der Waals surface area contributed by atoms with Crippen molar-refractivity contribution >= 4 is 21.8 Å². The van der Waals surface area contributed by atoms with Gasteiger partial charge in [-0.25, -0.2) is 19.9 Å². The third kappa shape index (κ3) is 7.11. The van der Waals surface area contributed by atoms with Crippen LogP contribution in [0.15, 0.2) is 164 Å². The van der Waals surface area contributed by atoms with E-state index in [0.29, 0.717) is 0 Å². The first-order valence-electron chi connectivity index (χ1n) is 16.0. The van der Waals surface area contributed by atoms with Gasteiger partial charge in [0.15, 0.2) is 0 Å². The first-order chi connectivity index (χ1) is 23.7. The lowest BCUT2D eigenvalue weighted by Gasteiger charge is -2.09. The van der Waals surface area contributed by atoms with E-state index in [1.54, 1.807) is 19.8 Å². The molecule has 0 aliphatic carbocycles. The Kier molecular flexibility index (Phi) is 9.19. The Labute approximate surface area is 280 Å². The van der Waals surface area contributed by atoms with Crippen LogP contribution in [0.2, 0.25) is 0 Å². The minimum Gasteiger partial charge on any atom is -0.497 e. The number of rotatable bonds is 7. The Hall–Kier alpha value is -6.20. The van der Waals surface area contributed by atoms with E-state index in [0.717, 1.165) is 51.8 Å². The summed E-state index contributed by atoms with van der Waals surface area (Å²) in [5, 5.41) is 2.16. The Bertz CT molecular complexity index is 2280. The number of methoxy groups -OCH3 is 1. The number of nitrogens with zero attached hydrogens (tertiary/aromatic N) is 4. The second-order valence-corrected chi connectivity index (χ2v) is 11.5. The predicted molar refractivity (Wildman–Crippen MR) is 195 cm³/mol. The van der Waals surface area contributed by atoms with Gasteiger partial charge in [0.2, 0.25) is 0 Å². The van der Waals surface area contributed by atoms with Crippen molar-refractivity contribution < 1.29 is 4.74 Å². The first-order valence-corrected chi connectivity index (χ1v) is 16.0. The second kappa shape index (κ2) is 14.5. The van der Waals surface area contributed by atoms with Gasteiger partial charge < -0.3 is 4.74 Å². The number of hydrogen-bond donors (Lipinski definition) is 0. The highest BCUT2D eigenvalue weighted by Gasteiger charge is 2.08. The molecule has 0 saturated carbocycles. The standard InChI is InChI=1S/C22H18N2O.C21H16N2/c1-25-19-10-11-21-20(14-19)22(24-15-23-21)13-16-6-5-9-18(12-16)17-7-3-2-4-8-17;1-2-8-17(9-3-1)18-10-6-7-16(13-18)14-21-19-11-4-5-12-20(19)22-15-23-21/h2-12,14-15H,13H2,1H3;1-13,15H,14H2. The molecule has 0 bridgehead atoms. The minimum atomic E-state index is 0.757. The molecule has 6 aromatic carbocycles. The van der Waals surface area contributed by atoms with Crippen LogP contribution in [0, 0.1) is 0 Å². The van der Waals surface area contributed by atoms with E-state index in [1.807, 2.05) is 48.5 Å². The van der Waals surface area contributed by atoms with Crippen LogP contribution in [0.25, 0.3) is 44.1 Å². The van der Waals surface area contributed by atoms with Gasteiger partial charge in [-0.05, 0) is 57.6 Å². The maximum Gasteiger partial charge on any atom is 0.119 e. The Morgan fingerprint density at radius 2 is 0.917 bits per heavy atom. The third-order valence-corrected chi connectivity index (χ3v) is 8.36. The highest BCUT2D eigenvalue weighted by molar-refractivity contribution is 5.83. The van der Waals surface area contributed by atoms with Gasteiger partial charge in [-0.2, -0.15) is 0 Å². The quantitative estimate of drug-likeness (QED) is 0.177. The van der Waals surface area contributed by atoms with Crippen LogP contribution in [0.4, 0.5) is 0 Å². The Balaban J connectivity index is 0.000000152. The monoisotopic (exact) mass is 622 g/mol. The fraction of sp³-hybridized carbons (Fsp3) is 0.0698. The molecule has 0 N–H and O–H groups in total. The fourth-order valence-electron chi connectivity index (χ4n) is 5.93. The topological polar surface area (TPSA) is 60.8 Å². The summed E-state index contributed by atoms with van der Waals surface area (Å²) in [6.07, 6.45) is 4.85. The molecule has 232 valence electrons. The van der Waals surface area contributed by atoms with Crippen molar-refractivity contribution in [2.45, 2.75) is 12.8 Å². The van der Waals surface area contributed by atoms with Crippen LogP contribution in [0.3, 0.4) is 0 Å². The lowest BCUT2D eigenvalue weighted by Crippen LogP contribution is -1.96. The molecule has 0 saturated heterocycles. The summed E-state index contributed by atoms with van der Waals surface area (Å²) in [6, 6.07) is 52.2. The van der Waals surface area contributed by atoms with E-state index in [1.165, 1.54) is 33.4 Å². The molecular weight excluding hydrogens is 589 g/mol. The van der Waals surface area contributed by atoms with Gasteiger partial charge in [0.1, 0.15) is 18.4 Å². The van der Waals surface area contributed by atoms with Crippen molar-refractivity contribution in [1.29, 1.82) is 0 Å². The summed E-state index contributed by atoms with van der Waals surface area (Å²) in [6.45, 7) is 0. The Morgan fingerprint density at radius 1 is 0.417 bits per heavy atom. The molecule has 2 heterocycles. The number of para-hydroxylation sites is 1. The van der Waals surface area contributed by atoms with Crippen molar-refractivity contribution in [2.24, 2.45) is 0 Å². The molecule has 5 nitrogen and oxygen atoms in total. The van der Waals surface area contributed by atoms with Crippen molar-refractivity contribution in [2.75, 3.05) is 7.11 Å². The van der Waals surface area contributed by atoms with Gasteiger partial charge >= 0.3 is 0 Å². The van der Waals surface area contributed by atoms with Crippen LogP contribution < -0.4 is 4.74 Å². The van der Waals surface area contributed by atoms with E-state index in [2.05, 4.69) is 123 Å². The first kappa shape index (κ1) is 30.5. The molecule has 0 radical (unpaired) electrons. The summed E-state index contributed by atoms with van der Waals surface area (Å²) < 4.78 is 5.35. The molecule has 48 heavy (non-hydrogen) atoms. The summed E-state index contributed by atoms with van der Waals surface area (Å²) in [7, 11) is 1.67. The molecule has 0 unspecified atom stereocenters. The summed E-state index contributed by atoms with van der Waals surface area (Å²) in [5.74, 6) is 0.821. The molecule has 8 rings (SSSR count). The van der Waals surface area contributed by atoms with Crippen LogP contribution in [-0.4, -0.2) is 27.0 Å². The van der Waals surface area contributed by atoms with E-state index in [-0.39, 0.29) is 0 Å². The molecule has 5 heteroatoms. The number of benzene rings is 6. The van der Waals surface area contributed by atoms with Crippen molar-refractivity contribution in [3.05, 3.63) is 187 Å². The summed E-state index contributed by atoms with van der Waals surface area (Å²) in [5.41, 5.74) is 11.4. The van der Waals surface area contributed by atoms with Crippen molar-refractivity contribution in [3.63, 3.8) is 0 Å². The van der Waals surface area contributed by atoms with Gasteiger partial charge in [-0.3, -0.25) is 0 Å². The van der Waals surface area contributed by atoms with Crippen LogP contribution in [-0.2, 0) is 12.8 Å². The maximum absolute atomic E-state index is 5.35. The van der Waals surface area contributed by atoms with E-state index in [4.69, 9.17) is 4.74 Å². The smallest absolute Gasteiger partial charge is 0.119 e. The number of fused-ring (bicyclic) bond motifs is 2. The number of ether oxygens (including phenoxy) is 1. The molecule has 8 aromatic rings. The van der Waals surface area contributed by atoms with Gasteiger partial charge in [-0.15, -0.1) is 0 Å². The minimum absolute atomic E-state index is 0.757. The van der Waals surface area contributed by atoms with Crippen LogP contribution in [0.5, 0.6) is 5.75 Å². The number of hydrogen-bond acceptors (Lipinski definition) is 5. The third-order valence-electron chi connectivity index (χ3n) is 8.36. The Morgan fingerprint density at radius 3 is 1.50 bits per heavy atom. The molecule has 0 aliphatic heterocycles.